The Bertz CT molecular complexity index is 544. The third kappa shape index (κ3) is 2.35. The van der Waals surface area contributed by atoms with E-state index in [1.807, 2.05) is 24.4 Å². The van der Waals surface area contributed by atoms with Gasteiger partial charge in [0.25, 0.3) is 0 Å². The summed E-state index contributed by atoms with van der Waals surface area (Å²) in [5.41, 5.74) is 4.51. The summed E-state index contributed by atoms with van der Waals surface area (Å²) in [6, 6.07) is 3.39. The summed E-state index contributed by atoms with van der Waals surface area (Å²) in [6.07, 6.45) is 1.70. The first-order valence-corrected chi connectivity index (χ1v) is 6.63. The Hall–Kier alpha value is -1.14. The fourth-order valence-corrected chi connectivity index (χ4v) is 3.08. The zero-order chi connectivity index (χ0) is 13.1. The topological polar surface area (TPSA) is 60.2 Å². The maximum Gasteiger partial charge on any atom is 0.142 e. The summed E-state index contributed by atoms with van der Waals surface area (Å²) in [5, 5.41) is 2.72. The van der Waals surface area contributed by atoms with Gasteiger partial charge in [0, 0.05) is 11.1 Å². The zero-order valence-corrected chi connectivity index (χ0v) is 11.7. The number of nitrogens with zero attached hydrogens (tertiary/aromatic N) is 1. The van der Waals surface area contributed by atoms with Crippen LogP contribution in [-0.4, -0.2) is 12.1 Å². The molecular weight excluding hydrogens is 270 g/mol. The van der Waals surface area contributed by atoms with E-state index in [1.54, 1.807) is 24.6 Å². The Morgan fingerprint density at radius 1 is 1.56 bits per heavy atom. The number of methoxy groups -OCH3 is 1. The van der Waals surface area contributed by atoms with Gasteiger partial charge in [-0.1, -0.05) is 11.6 Å². The highest BCUT2D eigenvalue weighted by Gasteiger charge is 2.23. The van der Waals surface area contributed by atoms with Gasteiger partial charge in [-0.25, -0.2) is 5.43 Å². The number of hydrogen-bond donors (Lipinski definition) is 2. The molecule has 0 fully saturated rings. The van der Waals surface area contributed by atoms with Crippen molar-refractivity contribution in [1.82, 2.24) is 10.4 Å². The standard InChI is InChI=1S/C12H14ClN3OS/c1-7-6-18-12(9(7)13)11(16-14)10-8(17-2)4-3-5-15-10/h3-6,11,16H,14H2,1-2H3. The van der Waals surface area contributed by atoms with Crippen molar-refractivity contribution in [1.29, 1.82) is 0 Å². The summed E-state index contributed by atoms with van der Waals surface area (Å²) in [4.78, 5) is 5.27. The Kier molecular flexibility index (Phi) is 4.19. The molecule has 6 heteroatoms. The van der Waals surface area contributed by atoms with Crippen LogP contribution >= 0.6 is 22.9 Å². The van der Waals surface area contributed by atoms with E-state index in [4.69, 9.17) is 22.2 Å². The number of pyridine rings is 1. The number of nitrogens with one attached hydrogen (secondary N) is 1. The molecule has 0 aromatic carbocycles. The molecule has 2 heterocycles. The lowest BCUT2D eigenvalue weighted by Gasteiger charge is -2.17. The second kappa shape index (κ2) is 5.67. The predicted octanol–water partition coefficient (Wildman–Crippen LogP) is 2.67. The minimum atomic E-state index is -0.271. The Balaban J connectivity index is 2.48. The van der Waals surface area contributed by atoms with E-state index in [0.717, 1.165) is 21.2 Å². The second-order valence-corrected chi connectivity index (χ2v) is 5.08. The lowest BCUT2D eigenvalue weighted by Crippen LogP contribution is -2.29. The van der Waals surface area contributed by atoms with Gasteiger partial charge in [-0.15, -0.1) is 11.3 Å². The summed E-state index contributed by atoms with van der Waals surface area (Å²) in [7, 11) is 1.61. The van der Waals surface area contributed by atoms with Crippen LogP contribution in [0.2, 0.25) is 5.02 Å². The highest BCUT2D eigenvalue weighted by molar-refractivity contribution is 7.10. The van der Waals surface area contributed by atoms with Crippen LogP contribution in [0.4, 0.5) is 0 Å². The molecule has 0 amide bonds. The number of hydrazine groups is 1. The van der Waals surface area contributed by atoms with Crippen molar-refractivity contribution in [2.45, 2.75) is 13.0 Å². The molecule has 2 rings (SSSR count). The largest absolute Gasteiger partial charge is 0.495 e. The number of halogens is 1. The molecule has 0 aliphatic heterocycles. The number of thiophene rings is 1. The molecule has 4 nitrogen and oxygen atoms in total. The van der Waals surface area contributed by atoms with Gasteiger partial charge in [-0.3, -0.25) is 10.8 Å². The zero-order valence-electron chi connectivity index (χ0n) is 10.1. The SMILES string of the molecule is COc1cccnc1C(NN)c1scc(C)c1Cl. The quantitative estimate of drug-likeness (QED) is 0.669. The van der Waals surface area contributed by atoms with Crippen LogP contribution in [0.3, 0.4) is 0 Å². The minimum absolute atomic E-state index is 0.271. The molecule has 0 aliphatic carbocycles. The first-order valence-electron chi connectivity index (χ1n) is 5.37. The highest BCUT2D eigenvalue weighted by atomic mass is 35.5. The molecule has 0 saturated carbocycles. The van der Waals surface area contributed by atoms with Crippen LogP contribution in [0, 0.1) is 6.92 Å². The molecule has 0 radical (unpaired) electrons. The van der Waals surface area contributed by atoms with Gasteiger partial charge < -0.3 is 4.74 Å². The molecule has 0 saturated heterocycles. The molecule has 3 N–H and O–H groups in total. The van der Waals surface area contributed by atoms with E-state index < -0.39 is 0 Å². The Labute approximate surface area is 115 Å². The molecule has 1 atom stereocenters. The van der Waals surface area contributed by atoms with E-state index in [0.29, 0.717) is 5.75 Å². The van der Waals surface area contributed by atoms with E-state index in [-0.39, 0.29) is 6.04 Å². The van der Waals surface area contributed by atoms with Gasteiger partial charge in [-0.05, 0) is 30.0 Å². The molecule has 1 unspecified atom stereocenters. The third-order valence-corrected chi connectivity index (χ3v) is 4.43. The maximum atomic E-state index is 6.27. The van der Waals surface area contributed by atoms with E-state index >= 15 is 0 Å². The van der Waals surface area contributed by atoms with Crippen molar-refractivity contribution in [2.75, 3.05) is 7.11 Å². The Morgan fingerprint density at radius 2 is 2.33 bits per heavy atom. The van der Waals surface area contributed by atoms with Crippen LogP contribution in [0.5, 0.6) is 5.75 Å². The normalized spacial score (nSPS) is 12.4. The van der Waals surface area contributed by atoms with Crippen molar-refractivity contribution < 1.29 is 4.74 Å². The van der Waals surface area contributed by atoms with Gasteiger partial charge in [0.1, 0.15) is 17.5 Å². The van der Waals surface area contributed by atoms with Crippen molar-refractivity contribution in [2.24, 2.45) is 5.84 Å². The number of aryl methyl sites for hydroxylation is 1. The number of hydrogen-bond acceptors (Lipinski definition) is 5. The van der Waals surface area contributed by atoms with Crippen LogP contribution in [0.1, 0.15) is 22.2 Å². The van der Waals surface area contributed by atoms with Gasteiger partial charge in [0.15, 0.2) is 0 Å². The number of aromatic nitrogens is 1. The molecule has 0 bridgehead atoms. The molecule has 0 aliphatic rings. The van der Waals surface area contributed by atoms with Crippen LogP contribution < -0.4 is 16.0 Å². The lowest BCUT2D eigenvalue weighted by molar-refractivity contribution is 0.401. The highest BCUT2D eigenvalue weighted by Crippen LogP contribution is 2.37. The smallest absolute Gasteiger partial charge is 0.142 e. The number of ether oxygens (including phenoxy) is 1. The molecule has 18 heavy (non-hydrogen) atoms. The summed E-state index contributed by atoms with van der Waals surface area (Å²) in [6.45, 7) is 1.96. The third-order valence-electron chi connectivity index (χ3n) is 2.65. The van der Waals surface area contributed by atoms with Gasteiger partial charge in [0.2, 0.25) is 0 Å². The average Bonchev–Trinajstić information content (AvgIpc) is 2.73. The van der Waals surface area contributed by atoms with E-state index in [2.05, 4.69) is 10.4 Å². The molecular formula is C12H14ClN3OS. The molecule has 2 aromatic heterocycles. The summed E-state index contributed by atoms with van der Waals surface area (Å²) < 4.78 is 5.30. The molecule has 96 valence electrons. The fraction of sp³-hybridized carbons (Fsp3) is 0.250. The van der Waals surface area contributed by atoms with Crippen LogP contribution in [0.15, 0.2) is 23.7 Å². The van der Waals surface area contributed by atoms with Crippen molar-refractivity contribution in [3.05, 3.63) is 44.9 Å². The average molecular weight is 284 g/mol. The predicted molar refractivity (Wildman–Crippen MR) is 74.0 cm³/mol. The lowest BCUT2D eigenvalue weighted by atomic mass is 10.1. The maximum absolute atomic E-state index is 6.27. The molecule has 0 spiro atoms. The van der Waals surface area contributed by atoms with Crippen molar-refractivity contribution in [3.8, 4) is 5.75 Å². The van der Waals surface area contributed by atoms with Gasteiger partial charge >= 0.3 is 0 Å². The van der Waals surface area contributed by atoms with Gasteiger partial charge in [0.05, 0.1) is 12.1 Å². The summed E-state index contributed by atoms with van der Waals surface area (Å²) >= 11 is 7.83. The monoisotopic (exact) mass is 283 g/mol. The van der Waals surface area contributed by atoms with Crippen LogP contribution in [0.25, 0.3) is 0 Å². The number of rotatable bonds is 4. The van der Waals surface area contributed by atoms with Gasteiger partial charge in [-0.2, -0.15) is 0 Å². The van der Waals surface area contributed by atoms with Crippen molar-refractivity contribution in [3.63, 3.8) is 0 Å². The van der Waals surface area contributed by atoms with Crippen LogP contribution in [-0.2, 0) is 0 Å². The number of nitrogens with two attached hydrogens (primary N) is 1. The first-order chi connectivity index (χ1) is 8.69. The van der Waals surface area contributed by atoms with E-state index in [1.165, 1.54) is 0 Å². The van der Waals surface area contributed by atoms with Crippen molar-refractivity contribution >= 4 is 22.9 Å². The fourth-order valence-electron chi connectivity index (χ4n) is 1.72. The molecule has 2 aromatic rings. The minimum Gasteiger partial charge on any atom is -0.495 e. The van der Waals surface area contributed by atoms with E-state index in [9.17, 15) is 0 Å². The first kappa shape index (κ1) is 13.3. The Morgan fingerprint density at radius 3 is 2.89 bits per heavy atom. The second-order valence-electron chi connectivity index (χ2n) is 3.79. The summed E-state index contributed by atoms with van der Waals surface area (Å²) in [5.74, 6) is 6.32.